The van der Waals surface area contributed by atoms with Crippen LogP contribution in [0.5, 0.6) is 0 Å². The quantitative estimate of drug-likeness (QED) is 0.206. The Hall–Kier alpha value is -2.09. The van der Waals surface area contributed by atoms with Gasteiger partial charge in [-0.1, -0.05) is 50.2 Å². The molecule has 0 bridgehead atoms. The lowest BCUT2D eigenvalue weighted by Gasteiger charge is -2.12. The van der Waals surface area contributed by atoms with E-state index in [2.05, 4.69) is 60.7 Å². The van der Waals surface area contributed by atoms with Crippen molar-refractivity contribution in [2.45, 2.75) is 46.1 Å². The number of aryl methyl sites for hydroxylation is 1. The molecule has 2 aromatic carbocycles. The number of benzene rings is 2. The van der Waals surface area contributed by atoms with E-state index in [1.807, 2.05) is 12.1 Å². The number of rotatable bonds is 9. The molecule has 0 heterocycles. The topological polar surface area (TPSA) is 79.5 Å². The van der Waals surface area contributed by atoms with Crippen molar-refractivity contribution < 1.29 is 4.79 Å². The molecule has 4 N–H and O–H groups in total. The van der Waals surface area contributed by atoms with Crippen LogP contribution in [0.2, 0.25) is 0 Å². The van der Waals surface area contributed by atoms with Crippen LogP contribution in [0.3, 0.4) is 0 Å². The first-order valence-corrected chi connectivity index (χ1v) is 9.99. The maximum Gasteiger partial charge on any atom is 0.248 e. The molecule has 0 fully saturated rings. The number of carbonyl (C=O) groups is 1. The zero-order valence-electron chi connectivity index (χ0n) is 17.6. The lowest BCUT2D eigenvalue weighted by atomic mass is 10.0. The van der Waals surface area contributed by atoms with Gasteiger partial charge in [0, 0.05) is 18.7 Å². The molecule has 0 unspecified atom stereocenters. The summed E-state index contributed by atoms with van der Waals surface area (Å²) >= 11 is 0. The van der Waals surface area contributed by atoms with Gasteiger partial charge in [0.15, 0.2) is 5.96 Å². The van der Waals surface area contributed by atoms with E-state index in [0.29, 0.717) is 18.0 Å². The highest BCUT2D eigenvalue weighted by Gasteiger charge is 2.02. The number of amides is 1. The minimum Gasteiger partial charge on any atom is -0.366 e. The molecule has 2 aromatic rings. The van der Waals surface area contributed by atoms with Crippen LogP contribution in [0.25, 0.3) is 0 Å². The van der Waals surface area contributed by atoms with Gasteiger partial charge in [0.05, 0.1) is 6.54 Å². The molecule has 2 rings (SSSR count). The zero-order valence-corrected chi connectivity index (χ0v) is 19.9. The number of primary amides is 1. The highest BCUT2D eigenvalue weighted by Crippen LogP contribution is 2.15. The molecule has 6 heteroatoms. The lowest BCUT2D eigenvalue weighted by Crippen LogP contribution is -2.37. The van der Waals surface area contributed by atoms with Crippen LogP contribution in [0.4, 0.5) is 0 Å². The Morgan fingerprint density at radius 2 is 1.62 bits per heavy atom. The van der Waals surface area contributed by atoms with Gasteiger partial charge in [-0.05, 0) is 54.5 Å². The van der Waals surface area contributed by atoms with Gasteiger partial charge in [0.1, 0.15) is 0 Å². The molecule has 0 aliphatic carbocycles. The predicted octanol–water partition coefficient (Wildman–Crippen LogP) is 4.21. The molecule has 158 valence electrons. The van der Waals surface area contributed by atoms with Crippen molar-refractivity contribution in [3.05, 3.63) is 70.8 Å². The number of guanidine groups is 1. The third-order valence-corrected chi connectivity index (χ3v) is 4.58. The second kappa shape index (κ2) is 13.2. The van der Waals surface area contributed by atoms with Gasteiger partial charge in [-0.15, -0.1) is 24.0 Å². The van der Waals surface area contributed by atoms with Gasteiger partial charge in [0.2, 0.25) is 5.91 Å². The number of aliphatic imine (C=N–C) groups is 1. The van der Waals surface area contributed by atoms with Gasteiger partial charge in [-0.2, -0.15) is 0 Å². The summed E-state index contributed by atoms with van der Waals surface area (Å²) < 4.78 is 0. The summed E-state index contributed by atoms with van der Waals surface area (Å²) in [6.07, 6.45) is 2.08. The van der Waals surface area contributed by atoms with Crippen LogP contribution in [0.1, 0.15) is 60.2 Å². The smallest absolute Gasteiger partial charge is 0.248 e. The van der Waals surface area contributed by atoms with E-state index in [9.17, 15) is 4.79 Å². The summed E-state index contributed by atoms with van der Waals surface area (Å²) in [5.41, 5.74) is 9.56. The minimum atomic E-state index is -0.413. The van der Waals surface area contributed by atoms with Crippen LogP contribution < -0.4 is 16.4 Å². The number of nitrogens with zero attached hydrogens (tertiary/aromatic N) is 1. The van der Waals surface area contributed by atoms with Gasteiger partial charge in [-0.3, -0.25) is 4.79 Å². The number of hydrogen-bond donors (Lipinski definition) is 3. The van der Waals surface area contributed by atoms with Crippen molar-refractivity contribution in [1.82, 2.24) is 10.6 Å². The van der Waals surface area contributed by atoms with Crippen molar-refractivity contribution in [2.24, 2.45) is 10.7 Å². The van der Waals surface area contributed by atoms with Crippen LogP contribution >= 0.6 is 24.0 Å². The van der Waals surface area contributed by atoms with Crippen LogP contribution in [0, 0.1) is 0 Å². The average molecular weight is 508 g/mol. The van der Waals surface area contributed by atoms with Crippen molar-refractivity contribution in [3.63, 3.8) is 0 Å². The molecule has 29 heavy (non-hydrogen) atoms. The monoisotopic (exact) mass is 508 g/mol. The molecule has 0 aliphatic rings. The summed E-state index contributed by atoms with van der Waals surface area (Å²) in [6, 6.07) is 16.1. The summed E-state index contributed by atoms with van der Waals surface area (Å²) in [7, 11) is 0. The Kier molecular flexibility index (Phi) is 11.3. The first-order chi connectivity index (χ1) is 13.5. The third kappa shape index (κ3) is 8.85. The molecule has 5 nitrogen and oxygen atoms in total. The minimum absolute atomic E-state index is 0. The zero-order chi connectivity index (χ0) is 20.4. The Bertz CT molecular complexity index is 770. The van der Waals surface area contributed by atoms with Crippen molar-refractivity contribution in [1.29, 1.82) is 0 Å². The Morgan fingerprint density at radius 1 is 1.00 bits per heavy atom. The molecule has 0 aliphatic heterocycles. The van der Waals surface area contributed by atoms with Gasteiger partial charge in [0.25, 0.3) is 0 Å². The molecule has 0 saturated heterocycles. The van der Waals surface area contributed by atoms with E-state index in [0.717, 1.165) is 37.5 Å². The lowest BCUT2D eigenvalue weighted by molar-refractivity contribution is 0.100. The summed E-state index contributed by atoms with van der Waals surface area (Å²) in [6.45, 7) is 8.70. The number of nitrogens with one attached hydrogen (secondary N) is 2. The molecular formula is C23H33IN4O. The standard InChI is InChI=1S/C23H32N4O.HI/c1-4-25-23(27-16-19-9-13-21(14-10-19)22(24)28)26-15-5-6-18-7-11-20(12-8-18)17(2)3;/h7-14,17H,4-6,15-16H2,1-3H3,(H2,24,28)(H2,25,26,27);1H. The summed E-state index contributed by atoms with van der Waals surface area (Å²) in [4.78, 5) is 15.7. The molecule has 0 saturated carbocycles. The van der Waals surface area contributed by atoms with Crippen molar-refractivity contribution >= 4 is 35.8 Å². The number of halogens is 1. The van der Waals surface area contributed by atoms with Crippen LogP contribution in [-0.2, 0) is 13.0 Å². The molecule has 1 amide bonds. The van der Waals surface area contributed by atoms with E-state index < -0.39 is 5.91 Å². The maximum atomic E-state index is 11.1. The maximum absolute atomic E-state index is 11.1. The molecule has 0 spiro atoms. The van der Waals surface area contributed by atoms with Gasteiger partial charge < -0.3 is 16.4 Å². The largest absolute Gasteiger partial charge is 0.366 e. The second-order valence-corrected chi connectivity index (χ2v) is 7.18. The van der Waals surface area contributed by atoms with Crippen molar-refractivity contribution in [2.75, 3.05) is 13.1 Å². The summed E-state index contributed by atoms with van der Waals surface area (Å²) in [5, 5.41) is 6.65. The highest BCUT2D eigenvalue weighted by molar-refractivity contribution is 14.0. The second-order valence-electron chi connectivity index (χ2n) is 7.18. The molecule has 0 radical (unpaired) electrons. The van der Waals surface area contributed by atoms with E-state index in [-0.39, 0.29) is 24.0 Å². The molecule has 0 atom stereocenters. The first-order valence-electron chi connectivity index (χ1n) is 9.99. The Labute approximate surface area is 191 Å². The normalized spacial score (nSPS) is 11.1. The fourth-order valence-electron chi connectivity index (χ4n) is 2.86. The average Bonchev–Trinajstić information content (AvgIpc) is 2.70. The third-order valence-electron chi connectivity index (χ3n) is 4.58. The van der Waals surface area contributed by atoms with E-state index in [1.54, 1.807) is 12.1 Å². The number of hydrogen-bond acceptors (Lipinski definition) is 2. The SMILES string of the molecule is CCNC(=NCc1ccc(C(N)=O)cc1)NCCCc1ccc(C(C)C)cc1.I. The van der Waals surface area contributed by atoms with E-state index in [1.165, 1.54) is 11.1 Å². The number of nitrogens with two attached hydrogens (primary N) is 1. The van der Waals surface area contributed by atoms with Crippen LogP contribution in [0.15, 0.2) is 53.5 Å². The highest BCUT2D eigenvalue weighted by atomic mass is 127. The van der Waals surface area contributed by atoms with Crippen LogP contribution in [-0.4, -0.2) is 25.0 Å². The van der Waals surface area contributed by atoms with Crippen molar-refractivity contribution in [3.8, 4) is 0 Å². The number of carbonyl (C=O) groups excluding carboxylic acids is 1. The Balaban J connectivity index is 0.00000420. The first kappa shape index (κ1) is 24.9. The molecular weight excluding hydrogens is 475 g/mol. The fourth-order valence-corrected chi connectivity index (χ4v) is 2.86. The van der Waals surface area contributed by atoms with E-state index >= 15 is 0 Å². The predicted molar refractivity (Wildman–Crippen MR) is 132 cm³/mol. The fraction of sp³-hybridized carbons (Fsp3) is 0.391. The Morgan fingerprint density at radius 3 is 2.17 bits per heavy atom. The summed E-state index contributed by atoms with van der Waals surface area (Å²) in [5.74, 6) is 0.960. The van der Waals surface area contributed by atoms with Gasteiger partial charge >= 0.3 is 0 Å². The van der Waals surface area contributed by atoms with E-state index in [4.69, 9.17) is 5.73 Å². The molecule has 0 aromatic heterocycles. The van der Waals surface area contributed by atoms with Gasteiger partial charge in [-0.25, -0.2) is 4.99 Å².